The van der Waals surface area contributed by atoms with Gasteiger partial charge in [0.25, 0.3) is 5.91 Å². The number of nitrogens with one attached hydrogen (secondary N) is 1. The van der Waals surface area contributed by atoms with Crippen LogP contribution < -0.4 is 5.32 Å². The van der Waals surface area contributed by atoms with Crippen molar-refractivity contribution >= 4 is 35.4 Å². The summed E-state index contributed by atoms with van der Waals surface area (Å²) in [5.41, 5.74) is 3.15. The van der Waals surface area contributed by atoms with Gasteiger partial charge in [0.2, 0.25) is 0 Å². The topological polar surface area (TPSA) is 55.4 Å². The van der Waals surface area contributed by atoms with Crippen LogP contribution in [0.1, 0.15) is 59.0 Å². The van der Waals surface area contributed by atoms with Crippen molar-refractivity contribution in [3.05, 3.63) is 47.0 Å². The first-order chi connectivity index (χ1) is 13.2. The van der Waals surface area contributed by atoms with Crippen LogP contribution in [0.4, 0.5) is 0 Å². The van der Waals surface area contributed by atoms with Crippen molar-refractivity contribution < 1.29 is 14.3 Å². The minimum atomic E-state index is -0.448. The molecule has 0 unspecified atom stereocenters. The molecule has 1 aliphatic heterocycles. The van der Waals surface area contributed by atoms with Gasteiger partial charge in [-0.1, -0.05) is 23.8 Å². The van der Waals surface area contributed by atoms with Crippen LogP contribution in [0.3, 0.4) is 0 Å². The SMILES string of the molecule is O=C(COC(=O)c1ccc(C2SCCCS2)cc1)NCCC1=CCCCC1. The van der Waals surface area contributed by atoms with Crippen molar-refractivity contribution in [2.45, 2.75) is 43.1 Å². The second-order valence-corrected chi connectivity index (χ2v) is 9.56. The summed E-state index contributed by atoms with van der Waals surface area (Å²) in [6.45, 7) is 0.377. The maximum atomic E-state index is 12.1. The summed E-state index contributed by atoms with van der Waals surface area (Å²) in [6, 6.07) is 7.57. The standard InChI is InChI=1S/C21H27NO3S2/c23-19(22-12-11-16-5-2-1-3-6-16)15-25-20(24)17-7-9-18(10-8-17)21-26-13-4-14-27-21/h5,7-10,21H,1-4,6,11-15H2,(H,22,23). The molecule has 4 nitrogen and oxygen atoms in total. The molecule has 27 heavy (non-hydrogen) atoms. The zero-order valence-electron chi connectivity index (χ0n) is 15.6. The molecule has 3 rings (SSSR count). The average Bonchev–Trinajstić information content (AvgIpc) is 2.73. The maximum Gasteiger partial charge on any atom is 0.338 e. The molecule has 0 radical (unpaired) electrons. The minimum Gasteiger partial charge on any atom is -0.452 e. The summed E-state index contributed by atoms with van der Waals surface area (Å²) >= 11 is 3.90. The Bertz CT molecular complexity index is 667. The predicted octanol–water partition coefficient (Wildman–Crippen LogP) is 4.72. The first-order valence-corrected chi connectivity index (χ1v) is 11.8. The summed E-state index contributed by atoms with van der Waals surface area (Å²) in [5, 5.41) is 2.83. The molecular weight excluding hydrogens is 378 g/mol. The summed E-state index contributed by atoms with van der Waals surface area (Å²) in [7, 11) is 0. The van der Waals surface area contributed by atoms with E-state index in [9.17, 15) is 9.59 Å². The van der Waals surface area contributed by atoms with Gasteiger partial charge in [0, 0.05) is 6.54 Å². The Morgan fingerprint density at radius 2 is 1.85 bits per heavy atom. The van der Waals surface area contributed by atoms with Crippen LogP contribution in [-0.4, -0.2) is 36.5 Å². The van der Waals surface area contributed by atoms with E-state index in [1.165, 1.54) is 41.9 Å². The number of amides is 1. The van der Waals surface area contributed by atoms with Gasteiger partial charge in [0.05, 0.1) is 10.1 Å². The van der Waals surface area contributed by atoms with Crippen molar-refractivity contribution in [1.82, 2.24) is 5.32 Å². The van der Waals surface area contributed by atoms with Crippen LogP contribution in [-0.2, 0) is 9.53 Å². The molecule has 1 fully saturated rings. The van der Waals surface area contributed by atoms with Gasteiger partial charge in [0.1, 0.15) is 0 Å². The lowest BCUT2D eigenvalue weighted by Gasteiger charge is -2.21. The molecule has 146 valence electrons. The van der Waals surface area contributed by atoms with Gasteiger partial charge in [-0.3, -0.25) is 4.79 Å². The van der Waals surface area contributed by atoms with Crippen LogP contribution >= 0.6 is 23.5 Å². The summed E-state index contributed by atoms with van der Waals surface area (Å²) in [5.74, 6) is 1.68. The quantitative estimate of drug-likeness (QED) is 0.525. The lowest BCUT2D eigenvalue weighted by Crippen LogP contribution is -2.29. The van der Waals surface area contributed by atoms with E-state index in [2.05, 4.69) is 11.4 Å². The molecule has 1 heterocycles. The number of esters is 1. The third kappa shape index (κ3) is 6.61. The number of ether oxygens (including phenoxy) is 1. The number of carbonyl (C=O) groups excluding carboxylic acids is 2. The van der Waals surface area contributed by atoms with Crippen LogP contribution in [0.25, 0.3) is 0 Å². The first-order valence-electron chi connectivity index (χ1n) is 9.67. The van der Waals surface area contributed by atoms with Crippen LogP contribution in [0.5, 0.6) is 0 Å². The van der Waals surface area contributed by atoms with Crippen LogP contribution in [0.2, 0.25) is 0 Å². The maximum absolute atomic E-state index is 12.1. The number of allylic oxidation sites excluding steroid dienone is 1. The monoisotopic (exact) mass is 405 g/mol. The third-order valence-electron chi connectivity index (χ3n) is 4.73. The molecule has 0 atom stereocenters. The van der Waals surface area contributed by atoms with Gasteiger partial charge in [-0.05, 0) is 67.7 Å². The van der Waals surface area contributed by atoms with E-state index in [4.69, 9.17) is 4.74 Å². The fraction of sp³-hybridized carbons (Fsp3) is 0.524. The van der Waals surface area contributed by atoms with E-state index in [0.29, 0.717) is 16.7 Å². The van der Waals surface area contributed by atoms with Gasteiger partial charge < -0.3 is 10.1 Å². The van der Waals surface area contributed by atoms with Crippen molar-refractivity contribution in [3.8, 4) is 0 Å². The molecule has 0 aromatic heterocycles. The van der Waals surface area contributed by atoms with Gasteiger partial charge in [0.15, 0.2) is 6.61 Å². The second-order valence-electron chi connectivity index (χ2n) is 6.83. The highest BCUT2D eigenvalue weighted by molar-refractivity contribution is 8.16. The van der Waals surface area contributed by atoms with Gasteiger partial charge in [-0.15, -0.1) is 23.5 Å². The van der Waals surface area contributed by atoms with E-state index < -0.39 is 5.97 Å². The Balaban J connectivity index is 1.37. The highest BCUT2D eigenvalue weighted by Crippen LogP contribution is 2.43. The second kappa shape index (κ2) is 10.8. The first kappa shape index (κ1) is 20.3. The summed E-state index contributed by atoms with van der Waals surface area (Å²) < 4.78 is 5.59. The Hall–Kier alpha value is -1.40. The largest absolute Gasteiger partial charge is 0.452 e. The highest BCUT2D eigenvalue weighted by Gasteiger charge is 2.17. The zero-order chi connectivity index (χ0) is 18.9. The molecule has 1 aromatic carbocycles. The molecular formula is C21H27NO3S2. The molecule has 1 N–H and O–H groups in total. The number of thioether (sulfide) groups is 2. The predicted molar refractivity (Wildman–Crippen MR) is 113 cm³/mol. The Kier molecular flexibility index (Phi) is 8.14. The van der Waals surface area contributed by atoms with E-state index in [1.807, 2.05) is 35.7 Å². The molecule has 2 aliphatic rings. The highest BCUT2D eigenvalue weighted by atomic mass is 32.2. The van der Waals surface area contributed by atoms with E-state index in [0.717, 1.165) is 19.3 Å². The molecule has 1 amide bonds. The number of hydrogen-bond donors (Lipinski definition) is 1. The Morgan fingerprint density at radius 3 is 2.56 bits per heavy atom. The zero-order valence-corrected chi connectivity index (χ0v) is 17.2. The van der Waals surface area contributed by atoms with E-state index in [-0.39, 0.29) is 12.5 Å². The molecule has 6 heteroatoms. The van der Waals surface area contributed by atoms with Crippen molar-refractivity contribution in [2.75, 3.05) is 24.7 Å². The number of benzene rings is 1. The van der Waals surface area contributed by atoms with E-state index >= 15 is 0 Å². The smallest absolute Gasteiger partial charge is 0.338 e. The fourth-order valence-electron chi connectivity index (χ4n) is 3.22. The van der Waals surface area contributed by atoms with Gasteiger partial charge >= 0.3 is 5.97 Å². The molecule has 0 spiro atoms. The third-order valence-corrected chi connectivity index (χ3v) is 7.75. The Morgan fingerprint density at radius 1 is 1.07 bits per heavy atom. The molecule has 1 aliphatic carbocycles. The molecule has 0 bridgehead atoms. The summed E-state index contributed by atoms with van der Waals surface area (Å²) in [6.07, 6.45) is 9.23. The minimum absolute atomic E-state index is 0.228. The molecule has 1 saturated heterocycles. The van der Waals surface area contributed by atoms with Gasteiger partial charge in [-0.2, -0.15) is 0 Å². The van der Waals surface area contributed by atoms with Gasteiger partial charge in [-0.25, -0.2) is 4.79 Å². The van der Waals surface area contributed by atoms with Crippen LogP contribution in [0.15, 0.2) is 35.9 Å². The van der Waals surface area contributed by atoms with Crippen molar-refractivity contribution in [1.29, 1.82) is 0 Å². The number of hydrogen-bond acceptors (Lipinski definition) is 5. The van der Waals surface area contributed by atoms with Crippen molar-refractivity contribution in [2.24, 2.45) is 0 Å². The lowest BCUT2D eigenvalue weighted by atomic mass is 9.97. The lowest BCUT2D eigenvalue weighted by molar-refractivity contribution is -0.124. The van der Waals surface area contributed by atoms with Crippen LogP contribution in [0, 0.1) is 0 Å². The normalized spacial score (nSPS) is 17.9. The Labute approximate surface area is 169 Å². The summed E-state index contributed by atoms with van der Waals surface area (Å²) in [4.78, 5) is 24.0. The number of rotatable bonds is 7. The average molecular weight is 406 g/mol. The van der Waals surface area contributed by atoms with E-state index in [1.54, 1.807) is 12.1 Å². The van der Waals surface area contributed by atoms with Crippen molar-refractivity contribution in [3.63, 3.8) is 0 Å². The number of carbonyl (C=O) groups is 2. The molecule has 0 saturated carbocycles. The fourth-order valence-corrected chi connectivity index (χ4v) is 6.11. The molecule has 1 aromatic rings.